The van der Waals surface area contributed by atoms with Crippen molar-refractivity contribution >= 4 is 0 Å². The molecule has 1 nitrogen and oxygen atoms in total. The summed E-state index contributed by atoms with van der Waals surface area (Å²) >= 11 is 0. The molecule has 1 aromatic carbocycles. The van der Waals surface area contributed by atoms with Gasteiger partial charge in [-0.05, 0) is 12.0 Å². The molecule has 2 aromatic rings. The summed E-state index contributed by atoms with van der Waals surface area (Å²) in [4.78, 5) is 0. The third-order valence-electron chi connectivity index (χ3n) is 6.02. The number of nitrogens with zero attached hydrogens (tertiary/aromatic N) is 1. The Morgan fingerprint density at radius 2 is 1.07 bits per heavy atom. The average molecular weight is 430 g/mol. The molecule has 0 saturated heterocycles. The number of benzene rings is 1. The lowest BCUT2D eigenvalue weighted by Gasteiger charge is -2.05. The van der Waals surface area contributed by atoms with E-state index in [4.69, 9.17) is 0 Å². The van der Waals surface area contributed by atoms with Gasteiger partial charge in [-0.15, -0.1) is 0 Å². The number of unbranched alkanes of at least 4 members (excludes halogenated alkanes) is 13. The Hall–Kier alpha value is -1.34. The Morgan fingerprint density at radius 1 is 0.567 bits per heavy atom. The Kier molecular flexibility index (Phi) is 16.4. The fourth-order valence-electron chi connectivity index (χ4n) is 4.17. The van der Waals surface area contributed by atoms with Crippen LogP contribution >= 0.6 is 0 Å². The van der Waals surface area contributed by atoms with E-state index >= 15 is 0 Å². The van der Waals surface area contributed by atoms with Crippen molar-refractivity contribution in [2.24, 2.45) is 0 Å². The summed E-state index contributed by atoms with van der Waals surface area (Å²) < 4.78 is 2.45. The Bertz CT molecular complexity index is 626. The topological polar surface area (TPSA) is 3.88 Å². The van der Waals surface area contributed by atoms with Crippen molar-refractivity contribution in [2.45, 2.75) is 110 Å². The molecular weight excluding hydrogens is 386 g/mol. The highest BCUT2D eigenvalue weighted by Gasteiger charge is 2.09. The molecule has 0 fully saturated rings. The monoisotopic (exact) mass is 429 g/mol. The fourth-order valence-corrected chi connectivity index (χ4v) is 4.17. The Balaban J connectivity index is 0.00000450. The van der Waals surface area contributed by atoms with Gasteiger partial charge in [-0.25, -0.2) is 4.57 Å². The molecule has 0 N–H and O–H groups in total. The van der Waals surface area contributed by atoms with E-state index < -0.39 is 0 Å². The Morgan fingerprint density at radius 3 is 1.63 bits per heavy atom. The molecule has 168 valence electrons. The number of pyridine rings is 1. The molecule has 1 heterocycles. The quantitative estimate of drug-likeness (QED) is 0.244. The van der Waals surface area contributed by atoms with Gasteiger partial charge in [0.1, 0.15) is 6.54 Å². The van der Waals surface area contributed by atoms with Crippen LogP contribution in [0, 0.1) is 0 Å². The van der Waals surface area contributed by atoms with Gasteiger partial charge in [0.05, 0.1) is 6.42 Å². The van der Waals surface area contributed by atoms with Gasteiger partial charge in [-0.1, -0.05) is 120 Å². The molecule has 0 radical (unpaired) electrons. The summed E-state index contributed by atoms with van der Waals surface area (Å²) in [5.74, 6) is 0. The van der Waals surface area contributed by atoms with Gasteiger partial charge in [0, 0.05) is 18.6 Å². The molecule has 2 heteroatoms. The lowest BCUT2D eigenvalue weighted by atomic mass is 10.0. The van der Waals surface area contributed by atoms with E-state index in [1.165, 1.54) is 101 Å². The molecule has 0 aliphatic heterocycles. The minimum absolute atomic E-state index is 0. The summed E-state index contributed by atoms with van der Waals surface area (Å²) in [7, 11) is 0. The highest BCUT2D eigenvalue weighted by atomic mass is 35.5. The molecule has 0 saturated carbocycles. The predicted octanol–water partition coefficient (Wildman–Crippen LogP) is 5.05. The van der Waals surface area contributed by atoms with Gasteiger partial charge >= 0.3 is 0 Å². The highest BCUT2D eigenvalue weighted by Crippen LogP contribution is 2.13. The molecule has 0 amide bonds. The third kappa shape index (κ3) is 12.4. The van der Waals surface area contributed by atoms with Crippen molar-refractivity contribution in [1.29, 1.82) is 0 Å². The van der Waals surface area contributed by atoms with Gasteiger partial charge in [0.15, 0.2) is 11.9 Å². The largest absolute Gasteiger partial charge is 1.00 e. The van der Waals surface area contributed by atoms with Crippen LogP contribution in [0.4, 0.5) is 0 Å². The first kappa shape index (κ1) is 26.7. The smallest absolute Gasteiger partial charge is 0.185 e. The van der Waals surface area contributed by atoms with Crippen LogP contribution in [-0.2, 0) is 13.0 Å². The zero-order valence-corrected chi connectivity index (χ0v) is 20.1. The third-order valence-corrected chi connectivity index (χ3v) is 6.02. The van der Waals surface area contributed by atoms with Crippen LogP contribution in [-0.4, -0.2) is 0 Å². The molecular formula is C28H44ClN. The molecule has 30 heavy (non-hydrogen) atoms. The van der Waals surface area contributed by atoms with E-state index in [9.17, 15) is 0 Å². The van der Waals surface area contributed by atoms with Crippen LogP contribution in [0.25, 0.3) is 0 Å². The number of hydrogen-bond acceptors (Lipinski definition) is 0. The zero-order valence-electron chi connectivity index (χ0n) is 19.3. The van der Waals surface area contributed by atoms with E-state index in [1.807, 2.05) is 0 Å². The lowest BCUT2D eigenvalue weighted by Crippen LogP contribution is -3.00. The van der Waals surface area contributed by atoms with Gasteiger partial charge in [-0.3, -0.25) is 0 Å². The van der Waals surface area contributed by atoms with E-state index in [0.717, 1.165) is 13.0 Å². The zero-order chi connectivity index (χ0) is 20.4. The first-order valence-corrected chi connectivity index (χ1v) is 12.4. The van der Waals surface area contributed by atoms with Gasteiger partial charge in [0.25, 0.3) is 0 Å². The van der Waals surface area contributed by atoms with Crippen molar-refractivity contribution in [2.75, 3.05) is 0 Å². The second-order valence-corrected chi connectivity index (χ2v) is 8.64. The molecule has 0 unspecified atom stereocenters. The lowest BCUT2D eigenvalue weighted by molar-refractivity contribution is -0.704. The molecule has 0 spiro atoms. The van der Waals surface area contributed by atoms with Crippen LogP contribution in [0.3, 0.4) is 0 Å². The van der Waals surface area contributed by atoms with Crippen molar-refractivity contribution in [3.05, 3.63) is 66.0 Å². The molecule has 1 aromatic heterocycles. The standard InChI is InChI=1S/C28H44N.ClH/c1-2-3-4-5-6-7-8-9-10-11-12-13-14-19-24-29-25-20-18-23-28(29)26-27-21-16-15-17-22-27;/h15-18,20-23,25H,2-14,19,24,26H2,1H3;1H/q+1;/p-1. The Labute approximate surface area is 192 Å². The average Bonchev–Trinajstić information content (AvgIpc) is 2.76. The first-order valence-electron chi connectivity index (χ1n) is 12.4. The summed E-state index contributed by atoms with van der Waals surface area (Å²) in [5, 5.41) is 0. The van der Waals surface area contributed by atoms with E-state index in [-0.39, 0.29) is 12.4 Å². The molecule has 2 rings (SSSR count). The van der Waals surface area contributed by atoms with E-state index in [1.54, 1.807) is 0 Å². The normalized spacial score (nSPS) is 10.7. The highest BCUT2D eigenvalue weighted by molar-refractivity contribution is 5.19. The second-order valence-electron chi connectivity index (χ2n) is 8.64. The van der Waals surface area contributed by atoms with E-state index in [2.05, 4.69) is 66.2 Å². The molecule has 0 aliphatic rings. The second kappa shape index (κ2) is 18.4. The van der Waals surface area contributed by atoms with Gasteiger partial charge < -0.3 is 12.4 Å². The van der Waals surface area contributed by atoms with Crippen molar-refractivity contribution in [3.8, 4) is 0 Å². The maximum Gasteiger partial charge on any atom is 0.185 e. The molecule has 0 aliphatic carbocycles. The minimum atomic E-state index is 0. The predicted molar refractivity (Wildman–Crippen MR) is 126 cm³/mol. The number of halogens is 1. The van der Waals surface area contributed by atoms with Crippen LogP contribution < -0.4 is 17.0 Å². The van der Waals surface area contributed by atoms with Crippen LogP contribution in [0.15, 0.2) is 54.7 Å². The van der Waals surface area contributed by atoms with Crippen molar-refractivity contribution in [1.82, 2.24) is 0 Å². The minimum Gasteiger partial charge on any atom is -1.00 e. The van der Waals surface area contributed by atoms with Crippen molar-refractivity contribution < 1.29 is 17.0 Å². The maximum atomic E-state index is 2.45. The SMILES string of the molecule is CCCCCCCCCCCCCCCC[n+]1ccccc1Cc1ccccc1.[Cl-]. The first-order chi connectivity index (χ1) is 14.4. The number of aromatic nitrogens is 1. The molecule has 0 bridgehead atoms. The number of hydrogen-bond donors (Lipinski definition) is 0. The van der Waals surface area contributed by atoms with Crippen LogP contribution in [0.2, 0.25) is 0 Å². The summed E-state index contributed by atoms with van der Waals surface area (Å²) in [6, 6.07) is 17.4. The summed E-state index contributed by atoms with van der Waals surface area (Å²) in [6.45, 7) is 3.45. The van der Waals surface area contributed by atoms with Gasteiger partial charge in [-0.2, -0.15) is 0 Å². The number of aryl methyl sites for hydroxylation is 1. The maximum absolute atomic E-state index is 2.45. The summed E-state index contributed by atoms with van der Waals surface area (Å²) in [5.41, 5.74) is 2.82. The number of rotatable bonds is 17. The fraction of sp³-hybridized carbons (Fsp3) is 0.607. The molecule has 0 atom stereocenters. The van der Waals surface area contributed by atoms with E-state index in [0.29, 0.717) is 0 Å². The van der Waals surface area contributed by atoms with Crippen LogP contribution in [0.1, 0.15) is 108 Å². The van der Waals surface area contributed by atoms with Crippen LogP contribution in [0.5, 0.6) is 0 Å². The summed E-state index contributed by atoms with van der Waals surface area (Å²) in [6.07, 6.45) is 23.2. The van der Waals surface area contributed by atoms with Gasteiger partial charge in [0.2, 0.25) is 0 Å². The van der Waals surface area contributed by atoms with Crippen molar-refractivity contribution in [3.63, 3.8) is 0 Å².